The maximum atomic E-state index is 12.7. The van der Waals surface area contributed by atoms with E-state index < -0.39 is 10.0 Å². The van der Waals surface area contributed by atoms with Crippen LogP contribution in [0.3, 0.4) is 0 Å². The molecule has 0 aliphatic carbocycles. The highest BCUT2D eigenvalue weighted by Crippen LogP contribution is 2.27. The van der Waals surface area contributed by atoms with Crippen molar-refractivity contribution < 1.29 is 8.42 Å². The lowest BCUT2D eigenvalue weighted by molar-refractivity contribution is 0.587. The van der Waals surface area contributed by atoms with Crippen molar-refractivity contribution in [2.45, 2.75) is 11.8 Å². The van der Waals surface area contributed by atoms with E-state index in [4.69, 9.17) is 0 Å². The summed E-state index contributed by atoms with van der Waals surface area (Å²) < 4.78 is 26.7. The van der Waals surface area contributed by atoms with Crippen LogP contribution >= 0.6 is 0 Å². The highest BCUT2D eigenvalue weighted by molar-refractivity contribution is 7.90. The zero-order valence-electron chi connectivity index (χ0n) is 11.5. The lowest BCUT2D eigenvalue weighted by Gasteiger charge is -2.12. The van der Waals surface area contributed by atoms with Gasteiger partial charge in [0.05, 0.1) is 5.69 Å². The van der Waals surface area contributed by atoms with Crippen LogP contribution in [0.15, 0.2) is 72.0 Å². The third kappa shape index (κ3) is 2.36. The number of aryl methyl sites for hydroxylation is 1. The van der Waals surface area contributed by atoms with Crippen LogP contribution in [0, 0.1) is 6.92 Å². The molecule has 0 saturated heterocycles. The van der Waals surface area contributed by atoms with Crippen LogP contribution in [-0.2, 0) is 10.0 Å². The van der Waals surface area contributed by atoms with Gasteiger partial charge in [0.2, 0.25) is 0 Å². The van der Waals surface area contributed by atoms with Gasteiger partial charge in [0, 0.05) is 24.2 Å². The molecule has 2 heterocycles. The van der Waals surface area contributed by atoms with Crippen molar-refractivity contribution in [1.29, 1.82) is 0 Å². The van der Waals surface area contributed by atoms with E-state index in [2.05, 4.69) is 4.98 Å². The zero-order chi connectivity index (χ0) is 14.9. The topological polar surface area (TPSA) is 52.0 Å². The monoisotopic (exact) mass is 298 g/mol. The molecule has 0 fully saturated rings. The van der Waals surface area contributed by atoms with Crippen molar-refractivity contribution in [3.8, 4) is 11.3 Å². The molecule has 21 heavy (non-hydrogen) atoms. The van der Waals surface area contributed by atoms with E-state index in [1.165, 1.54) is 10.2 Å². The molecule has 4 nitrogen and oxygen atoms in total. The first kappa shape index (κ1) is 13.6. The van der Waals surface area contributed by atoms with E-state index in [-0.39, 0.29) is 4.90 Å². The Labute approximate surface area is 123 Å². The summed E-state index contributed by atoms with van der Waals surface area (Å²) in [5.41, 5.74) is 2.57. The minimum Gasteiger partial charge on any atom is -0.263 e. The molecule has 0 radical (unpaired) electrons. The standard InChI is InChI=1S/C16H14N2O2S/c1-13-6-2-3-8-15(13)16-9-5-11-18(16)21(19,20)14-7-4-10-17-12-14/h2-12H,1H3. The molecule has 2 aromatic heterocycles. The molecule has 0 saturated carbocycles. The quantitative estimate of drug-likeness (QED) is 0.746. The maximum absolute atomic E-state index is 12.7. The molecule has 106 valence electrons. The van der Waals surface area contributed by atoms with Crippen molar-refractivity contribution in [3.63, 3.8) is 0 Å². The van der Waals surface area contributed by atoms with E-state index in [0.29, 0.717) is 5.69 Å². The van der Waals surface area contributed by atoms with Gasteiger partial charge < -0.3 is 0 Å². The summed E-state index contributed by atoms with van der Waals surface area (Å²) in [6, 6.07) is 14.4. The van der Waals surface area contributed by atoms with Gasteiger partial charge in [0.25, 0.3) is 10.0 Å². The molecule has 0 amide bonds. The Bertz CT molecular complexity index is 868. The molecule has 3 rings (SSSR count). The van der Waals surface area contributed by atoms with Crippen LogP contribution in [0.5, 0.6) is 0 Å². The number of nitrogens with zero attached hydrogens (tertiary/aromatic N) is 2. The largest absolute Gasteiger partial charge is 0.269 e. The van der Waals surface area contributed by atoms with Crippen LogP contribution < -0.4 is 0 Å². The van der Waals surface area contributed by atoms with Crippen LogP contribution in [-0.4, -0.2) is 17.4 Å². The number of hydrogen-bond donors (Lipinski definition) is 0. The number of pyridine rings is 1. The first-order valence-electron chi connectivity index (χ1n) is 6.49. The summed E-state index contributed by atoms with van der Waals surface area (Å²) in [4.78, 5) is 4.07. The van der Waals surface area contributed by atoms with E-state index >= 15 is 0 Å². The minimum absolute atomic E-state index is 0.177. The second-order valence-electron chi connectivity index (χ2n) is 4.70. The van der Waals surface area contributed by atoms with Crippen molar-refractivity contribution in [2.24, 2.45) is 0 Å². The summed E-state index contributed by atoms with van der Waals surface area (Å²) in [5.74, 6) is 0. The molecule has 0 atom stereocenters. The fourth-order valence-corrected chi connectivity index (χ4v) is 3.58. The van der Waals surface area contributed by atoms with Crippen molar-refractivity contribution >= 4 is 10.0 Å². The normalized spacial score (nSPS) is 11.5. The van der Waals surface area contributed by atoms with E-state index in [1.807, 2.05) is 31.2 Å². The number of hydrogen-bond acceptors (Lipinski definition) is 3. The van der Waals surface area contributed by atoms with Gasteiger partial charge in [-0.15, -0.1) is 0 Å². The molecule has 3 aromatic rings. The second-order valence-corrected chi connectivity index (χ2v) is 6.51. The zero-order valence-corrected chi connectivity index (χ0v) is 12.3. The Balaban J connectivity index is 2.19. The van der Waals surface area contributed by atoms with E-state index in [9.17, 15) is 8.42 Å². The van der Waals surface area contributed by atoms with Gasteiger partial charge in [-0.2, -0.15) is 0 Å². The summed E-state index contributed by atoms with van der Waals surface area (Å²) in [6.45, 7) is 1.96. The molecule has 0 bridgehead atoms. The number of aromatic nitrogens is 2. The third-order valence-corrected chi connectivity index (χ3v) is 5.00. The van der Waals surface area contributed by atoms with Gasteiger partial charge in [-0.3, -0.25) is 4.98 Å². The third-order valence-electron chi connectivity index (χ3n) is 3.33. The molecule has 5 heteroatoms. The summed E-state index contributed by atoms with van der Waals surface area (Å²) >= 11 is 0. The predicted octanol–water partition coefficient (Wildman–Crippen LogP) is 3.10. The van der Waals surface area contributed by atoms with Crippen LogP contribution in [0.1, 0.15) is 5.56 Å². The van der Waals surface area contributed by atoms with E-state index in [0.717, 1.165) is 11.1 Å². The Morgan fingerprint density at radius 1 is 1.00 bits per heavy atom. The lowest BCUT2D eigenvalue weighted by Crippen LogP contribution is -2.13. The molecule has 0 N–H and O–H groups in total. The Morgan fingerprint density at radius 3 is 2.52 bits per heavy atom. The average Bonchev–Trinajstić information content (AvgIpc) is 2.99. The molecule has 0 spiro atoms. The van der Waals surface area contributed by atoms with Crippen LogP contribution in [0.4, 0.5) is 0 Å². The first-order chi connectivity index (χ1) is 10.1. The molecule has 0 aliphatic heterocycles. The highest BCUT2D eigenvalue weighted by Gasteiger charge is 2.20. The smallest absolute Gasteiger partial charge is 0.263 e. The summed E-state index contributed by atoms with van der Waals surface area (Å²) in [6.07, 6.45) is 4.47. The molecule has 0 aliphatic rings. The van der Waals surface area contributed by atoms with Crippen LogP contribution in [0.2, 0.25) is 0 Å². The summed E-state index contributed by atoms with van der Waals surface area (Å²) in [5, 5.41) is 0. The average molecular weight is 298 g/mol. The van der Waals surface area contributed by atoms with Crippen LogP contribution in [0.25, 0.3) is 11.3 Å². The van der Waals surface area contributed by atoms with Gasteiger partial charge in [0.1, 0.15) is 4.90 Å². The van der Waals surface area contributed by atoms with Gasteiger partial charge in [0.15, 0.2) is 0 Å². The van der Waals surface area contributed by atoms with Gasteiger partial charge in [-0.1, -0.05) is 24.3 Å². The molecule has 1 aromatic carbocycles. The van der Waals surface area contributed by atoms with Gasteiger partial charge in [-0.05, 0) is 36.8 Å². The van der Waals surface area contributed by atoms with E-state index in [1.54, 1.807) is 36.7 Å². The fourth-order valence-electron chi connectivity index (χ4n) is 2.26. The Hall–Kier alpha value is -2.40. The van der Waals surface area contributed by atoms with Gasteiger partial charge in [-0.25, -0.2) is 12.4 Å². The first-order valence-corrected chi connectivity index (χ1v) is 7.94. The second kappa shape index (κ2) is 5.18. The van der Waals surface area contributed by atoms with Gasteiger partial charge >= 0.3 is 0 Å². The fraction of sp³-hybridized carbons (Fsp3) is 0.0625. The summed E-state index contributed by atoms with van der Waals surface area (Å²) in [7, 11) is -3.64. The minimum atomic E-state index is -3.64. The highest BCUT2D eigenvalue weighted by atomic mass is 32.2. The van der Waals surface area contributed by atoms with Crippen molar-refractivity contribution in [1.82, 2.24) is 8.96 Å². The number of rotatable bonds is 3. The lowest BCUT2D eigenvalue weighted by atomic mass is 10.1. The number of benzene rings is 1. The Morgan fingerprint density at radius 2 is 1.81 bits per heavy atom. The van der Waals surface area contributed by atoms with Crippen molar-refractivity contribution in [2.75, 3.05) is 0 Å². The van der Waals surface area contributed by atoms with Crippen molar-refractivity contribution in [3.05, 3.63) is 72.7 Å². The molecule has 0 unspecified atom stereocenters. The molecular weight excluding hydrogens is 284 g/mol. The molecular formula is C16H14N2O2S. The Kier molecular flexibility index (Phi) is 3.35. The SMILES string of the molecule is Cc1ccccc1-c1cccn1S(=O)(=O)c1cccnc1. The predicted molar refractivity (Wildman–Crippen MR) is 81.4 cm³/mol. The maximum Gasteiger partial charge on any atom is 0.269 e.